The van der Waals surface area contributed by atoms with Crippen LogP contribution >= 0.6 is 15.9 Å². The fourth-order valence-electron chi connectivity index (χ4n) is 3.72. The molecule has 0 aliphatic carbocycles. The summed E-state index contributed by atoms with van der Waals surface area (Å²) in [5.74, 6) is -0.363. The van der Waals surface area contributed by atoms with E-state index in [0.717, 1.165) is 40.4 Å². The maximum absolute atomic E-state index is 12.5. The molecule has 5 nitrogen and oxygen atoms in total. The Morgan fingerprint density at radius 1 is 1.27 bits per heavy atom. The van der Waals surface area contributed by atoms with Crippen molar-refractivity contribution in [1.82, 2.24) is 9.88 Å². The van der Waals surface area contributed by atoms with Crippen LogP contribution in [0.2, 0.25) is 0 Å². The summed E-state index contributed by atoms with van der Waals surface area (Å²) in [6.07, 6.45) is 5.67. The van der Waals surface area contributed by atoms with Crippen molar-refractivity contribution < 1.29 is 9.53 Å². The van der Waals surface area contributed by atoms with Crippen LogP contribution in [0.15, 0.2) is 64.8 Å². The lowest BCUT2D eigenvalue weighted by molar-refractivity contribution is -0.117. The van der Waals surface area contributed by atoms with Crippen LogP contribution in [0.4, 0.5) is 0 Å². The Morgan fingerprint density at radius 3 is 2.80 bits per heavy atom. The number of amides is 1. The van der Waals surface area contributed by atoms with Crippen molar-refractivity contribution in [1.29, 1.82) is 5.26 Å². The quantitative estimate of drug-likeness (QED) is 0.427. The molecule has 4 rings (SSSR count). The van der Waals surface area contributed by atoms with Crippen molar-refractivity contribution in [3.8, 4) is 6.07 Å². The molecule has 1 aliphatic heterocycles. The molecule has 152 valence electrons. The normalized spacial score (nSPS) is 16.5. The largest absolute Gasteiger partial charge is 0.376 e. The number of nitrogens with one attached hydrogen (secondary N) is 1. The number of rotatable bonds is 6. The summed E-state index contributed by atoms with van der Waals surface area (Å²) >= 11 is 3.47. The highest BCUT2D eigenvalue weighted by atomic mass is 79.9. The topological polar surface area (TPSA) is 67.0 Å². The molecule has 1 N–H and O–H groups in total. The number of aromatic nitrogens is 1. The number of carbonyl (C=O) groups excluding carboxylic acids is 1. The van der Waals surface area contributed by atoms with Crippen LogP contribution in [0.5, 0.6) is 0 Å². The van der Waals surface area contributed by atoms with Gasteiger partial charge in [0.25, 0.3) is 5.91 Å². The van der Waals surface area contributed by atoms with Crippen LogP contribution in [0, 0.1) is 11.3 Å². The number of nitrogens with zero attached hydrogens (tertiary/aromatic N) is 2. The van der Waals surface area contributed by atoms with E-state index in [2.05, 4.69) is 44.0 Å². The minimum absolute atomic E-state index is 0.0433. The minimum Gasteiger partial charge on any atom is -0.376 e. The Morgan fingerprint density at radius 2 is 2.07 bits per heavy atom. The predicted octanol–water partition coefficient (Wildman–Crippen LogP) is 4.65. The van der Waals surface area contributed by atoms with Gasteiger partial charge in [0.2, 0.25) is 0 Å². The standard InChI is InChI=1S/C24H22BrN3O2/c25-20-9-7-17(8-10-20)15-28-16-19(22-5-1-2-6-23(22)28)12-18(13-26)24(29)27-14-21-4-3-11-30-21/h1-2,5-10,12,16,21H,3-4,11,14-15H2,(H,27,29)/b18-12+/t21-/m1/s1. The Balaban J connectivity index is 1.60. The molecule has 1 aromatic heterocycles. The summed E-state index contributed by atoms with van der Waals surface area (Å²) in [6, 6.07) is 18.3. The first-order valence-electron chi connectivity index (χ1n) is 9.98. The number of halogens is 1. The SMILES string of the molecule is N#C/C(=C\c1cn(Cc2ccc(Br)cc2)c2ccccc12)C(=O)NC[C@H]1CCCO1. The van der Waals surface area contributed by atoms with E-state index in [-0.39, 0.29) is 17.6 Å². The van der Waals surface area contributed by atoms with Crippen LogP contribution in [-0.2, 0) is 16.1 Å². The van der Waals surface area contributed by atoms with Crippen molar-refractivity contribution in [2.24, 2.45) is 0 Å². The third-order valence-corrected chi connectivity index (χ3v) is 5.79. The van der Waals surface area contributed by atoms with Crippen LogP contribution in [0.25, 0.3) is 17.0 Å². The van der Waals surface area contributed by atoms with Gasteiger partial charge in [0.05, 0.1) is 6.10 Å². The zero-order chi connectivity index (χ0) is 20.9. The Labute approximate surface area is 184 Å². The average molecular weight is 464 g/mol. The summed E-state index contributed by atoms with van der Waals surface area (Å²) in [7, 11) is 0. The highest BCUT2D eigenvalue weighted by molar-refractivity contribution is 9.10. The maximum atomic E-state index is 12.5. The number of benzene rings is 2. The van der Waals surface area contributed by atoms with Crippen molar-refractivity contribution in [3.63, 3.8) is 0 Å². The van der Waals surface area contributed by atoms with E-state index in [0.29, 0.717) is 13.1 Å². The molecule has 0 saturated carbocycles. The number of fused-ring (bicyclic) bond motifs is 1. The molecular formula is C24H22BrN3O2. The molecule has 30 heavy (non-hydrogen) atoms. The van der Waals surface area contributed by atoms with E-state index >= 15 is 0 Å². The third-order valence-electron chi connectivity index (χ3n) is 5.26. The second-order valence-electron chi connectivity index (χ2n) is 7.37. The zero-order valence-corrected chi connectivity index (χ0v) is 18.1. The summed E-state index contributed by atoms with van der Waals surface area (Å²) < 4.78 is 8.72. The van der Waals surface area contributed by atoms with Gasteiger partial charge in [-0.3, -0.25) is 4.79 Å². The molecule has 0 bridgehead atoms. The van der Waals surface area contributed by atoms with Gasteiger partial charge < -0.3 is 14.6 Å². The number of ether oxygens (including phenoxy) is 1. The zero-order valence-electron chi connectivity index (χ0n) is 16.5. The number of para-hydroxylation sites is 1. The highest BCUT2D eigenvalue weighted by Crippen LogP contribution is 2.25. The monoisotopic (exact) mass is 463 g/mol. The van der Waals surface area contributed by atoms with Crippen LogP contribution in [0.3, 0.4) is 0 Å². The van der Waals surface area contributed by atoms with Gasteiger partial charge in [0.1, 0.15) is 11.6 Å². The summed E-state index contributed by atoms with van der Waals surface area (Å²) in [6.45, 7) is 1.87. The molecule has 1 saturated heterocycles. The summed E-state index contributed by atoms with van der Waals surface area (Å²) in [4.78, 5) is 12.5. The van der Waals surface area contributed by atoms with E-state index in [9.17, 15) is 10.1 Å². The second-order valence-corrected chi connectivity index (χ2v) is 8.29. The van der Waals surface area contributed by atoms with Gasteiger partial charge in [-0.25, -0.2) is 0 Å². The van der Waals surface area contributed by atoms with Gasteiger partial charge in [0, 0.05) is 46.8 Å². The van der Waals surface area contributed by atoms with Gasteiger partial charge >= 0.3 is 0 Å². The van der Waals surface area contributed by atoms with Crippen LogP contribution < -0.4 is 5.32 Å². The molecular weight excluding hydrogens is 442 g/mol. The van der Waals surface area contributed by atoms with E-state index in [1.54, 1.807) is 6.08 Å². The van der Waals surface area contributed by atoms with Gasteiger partial charge in [-0.05, 0) is 42.7 Å². The molecule has 0 unspecified atom stereocenters. The first kappa shape index (κ1) is 20.4. The molecule has 0 spiro atoms. The first-order valence-corrected chi connectivity index (χ1v) is 10.8. The Hall–Kier alpha value is -2.88. The van der Waals surface area contributed by atoms with E-state index in [4.69, 9.17) is 4.74 Å². The molecule has 1 atom stereocenters. The predicted molar refractivity (Wildman–Crippen MR) is 121 cm³/mol. The number of nitriles is 1. The molecule has 1 fully saturated rings. The fraction of sp³-hybridized carbons (Fsp3) is 0.250. The summed E-state index contributed by atoms with van der Waals surface area (Å²) in [5, 5.41) is 13.4. The maximum Gasteiger partial charge on any atom is 0.262 e. The van der Waals surface area contributed by atoms with Crippen molar-refractivity contribution >= 4 is 38.8 Å². The number of hydrogen-bond donors (Lipinski definition) is 1. The van der Waals surface area contributed by atoms with Crippen LogP contribution in [-0.4, -0.2) is 29.7 Å². The molecule has 6 heteroatoms. The smallest absolute Gasteiger partial charge is 0.262 e. The fourth-order valence-corrected chi connectivity index (χ4v) is 3.98. The molecule has 2 aromatic carbocycles. The second kappa shape index (κ2) is 9.29. The first-order chi connectivity index (χ1) is 14.6. The molecule has 1 amide bonds. The van der Waals surface area contributed by atoms with Gasteiger partial charge in [-0.15, -0.1) is 0 Å². The lowest BCUT2D eigenvalue weighted by atomic mass is 10.1. The van der Waals surface area contributed by atoms with E-state index in [1.807, 2.05) is 42.6 Å². The summed E-state index contributed by atoms with van der Waals surface area (Å²) in [5.41, 5.74) is 3.18. The van der Waals surface area contributed by atoms with Crippen molar-refractivity contribution in [2.75, 3.05) is 13.2 Å². The Kier molecular flexibility index (Phi) is 6.32. The van der Waals surface area contributed by atoms with Gasteiger partial charge in [-0.1, -0.05) is 46.3 Å². The van der Waals surface area contributed by atoms with Crippen molar-refractivity contribution in [2.45, 2.75) is 25.5 Å². The third kappa shape index (κ3) is 4.64. The Bertz CT molecular complexity index is 1120. The van der Waals surface area contributed by atoms with Crippen LogP contribution in [0.1, 0.15) is 24.0 Å². The van der Waals surface area contributed by atoms with E-state index < -0.39 is 0 Å². The lowest BCUT2D eigenvalue weighted by Crippen LogP contribution is -2.32. The highest BCUT2D eigenvalue weighted by Gasteiger charge is 2.18. The number of hydrogen-bond acceptors (Lipinski definition) is 3. The van der Waals surface area contributed by atoms with Crippen molar-refractivity contribution in [3.05, 3.63) is 75.9 Å². The molecule has 0 radical (unpaired) electrons. The van der Waals surface area contributed by atoms with Gasteiger partial charge in [0.15, 0.2) is 0 Å². The van der Waals surface area contributed by atoms with Gasteiger partial charge in [-0.2, -0.15) is 5.26 Å². The average Bonchev–Trinajstić information content (AvgIpc) is 3.40. The number of carbonyl (C=O) groups is 1. The minimum atomic E-state index is -0.363. The molecule has 3 aromatic rings. The lowest BCUT2D eigenvalue weighted by Gasteiger charge is -2.10. The molecule has 1 aliphatic rings. The van der Waals surface area contributed by atoms with E-state index in [1.165, 1.54) is 5.56 Å². The molecule has 2 heterocycles.